The minimum atomic E-state index is -3.42. The fourth-order valence-corrected chi connectivity index (χ4v) is 3.19. The molecule has 0 aliphatic carbocycles. The van der Waals surface area contributed by atoms with Gasteiger partial charge in [-0.25, -0.2) is 23.4 Å². The third-order valence-corrected chi connectivity index (χ3v) is 4.66. The van der Waals surface area contributed by atoms with E-state index in [1.807, 2.05) is 4.90 Å². The van der Waals surface area contributed by atoms with E-state index >= 15 is 0 Å². The topological polar surface area (TPSA) is 76.1 Å². The van der Waals surface area contributed by atoms with Crippen molar-refractivity contribution < 1.29 is 12.8 Å². The van der Waals surface area contributed by atoms with Gasteiger partial charge in [0.15, 0.2) is 0 Å². The number of hydrogen-bond acceptors (Lipinski definition) is 6. The number of hydrogen-bond donors (Lipinski definition) is 0. The number of sulfone groups is 1. The minimum Gasteiger partial charge on any atom is -0.294 e. The molecule has 0 bridgehead atoms. The molecule has 6 nitrogen and oxygen atoms in total. The monoisotopic (exact) mass is 356 g/mol. The third kappa shape index (κ3) is 3.65. The van der Waals surface area contributed by atoms with Crippen molar-refractivity contribution in [2.24, 2.45) is 0 Å². The molecule has 2 aromatic rings. The average molecular weight is 357 g/mol. The number of rotatable bonds is 3. The van der Waals surface area contributed by atoms with Crippen LogP contribution >= 0.6 is 11.6 Å². The first-order valence-corrected chi connectivity index (χ1v) is 9.17. The second-order valence-corrected chi connectivity index (χ2v) is 7.81. The number of pyridine rings is 1. The summed E-state index contributed by atoms with van der Waals surface area (Å²) in [5.74, 6) is -0.538. The molecule has 0 spiro atoms. The van der Waals surface area contributed by atoms with E-state index in [1.54, 1.807) is 6.07 Å². The molecule has 1 aliphatic heterocycles. The summed E-state index contributed by atoms with van der Waals surface area (Å²) in [5.41, 5.74) is 2.00. The van der Waals surface area contributed by atoms with Crippen LogP contribution in [0.1, 0.15) is 16.8 Å². The van der Waals surface area contributed by atoms with E-state index in [2.05, 4.69) is 15.0 Å². The zero-order chi connectivity index (χ0) is 16.6. The molecule has 1 aliphatic rings. The van der Waals surface area contributed by atoms with Gasteiger partial charge in [0.2, 0.25) is 20.9 Å². The van der Waals surface area contributed by atoms with E-state index in [0.717, 1.165) is 17.5 Å². The van der Waals surface area contributed by atoms with E-state index in [-0.39, 0.29) is 5.16 Å². The molecule has 0 unspecified atom stereocenters. The highest BCUT2D eigenvalue weighted by molar-refractivity contribution is 7.90. The summed E-state index contributed by atoms with van der Waals surface area (Å²) in [6.07, 6.45) is 4.46. The van der Waals surface area contributed by atoms with Crippen LogP contribution in [-0.4, -0.2) is 41.1 Å². The third-order valence-electron chi connectivity index (χ3n) is 3.59. The number of nitrogens with zero attached hydrogens (tertiary/aromatic N) is 4. The fraction of sp³-hybridized carbons (Fsp3) is 0.357. The van der Waals surface area contributed by atoms with Gasteiger partial charge in [-0.05, 0) is 6.07 Å². The molecule has 0 atom stereocenters. The Kier molecular flexibility index (Phi) is 4.31. The summed E-state index contributed by atoms with van der Waals surface area (Å²) in [4.78, 5) is 13.7. The van der Waals surface area contributed by atoms with Gasteiger partial charge in [-0.2, -0.15) is 4.39 Å². The van der Waals surface area contributed by atoms with Crippen molar-refractivity contribution in [1.29, 1.82) is 0 Å². The molecule has 9 heteroatoms. The lowest BCUT2D eigenvalue weighted by Crippen LogP contribution is -2.31. The van der Waals surface area contributed by atoms with Gasteiger partial charge in [0, 0.05) is 55.8 Å². The van der Waals surface area contributed by atoms with Gasteiger partial charge in [-0.15, -0.1) is 0 Å². The molecular formula is C14H14ClFN4O2S. The Morgan fingerprint density at radius 3 is 2.87 bits per heavy atom. The van der Waals surface area contributed by atoms with Crippen LogP contribution in [0.3, 0.4) is 0 Å². The molecule has 0 N–H and O–H groups in total. The zero-order valence-corrected chi connectivity index (χ0v) is 13.9. The van der Waals surface area contributed by atoms with Gasteiger partial charge in [0.05, 0.1) is 10.7 Å². The smallest absolute Gasteiger partial charge is 0.246 e. The Balaban J connectivity index is 1.79. The van der Waals surface area contributed by atoms with Crippen LogP contribution in [0.5, 0.6) is 0 Å². The first-order chi connectivity index (χ1) is 10.8. The van der Waals surface area contributed by atoms with Crippen LogP contribution in [0.25, 0.3) is 0 Å². The largest absolute Gasteiger partial charge is 0.294 e. The highest BCUT2D eigenvalue weighted by atomic mass is 35.5. The molecule has 0 radical (unpaired) electrons. The summed E-state index contributed by atoms with van der Waals surface area (Å²) in [7, 11) is -3.42. The van der Waals surface area contributed by atoms with Crippen LogP contribution in [0.4, 0.5) is 4.39 Å². The Bertz CT molecular complexity index is 860. The van der Waals surface area contributed by atoms with Crippen molar-refractivity contribution >= 4 is 21.4 Å². The van der Waals surface area contributed by atoms with Gasteiger partial charge in [0.1, 0.15) is 0 Å². The maximum Gasteiger partial charge on any atom is 0.246 e. The molecule has 2 aromatic heterocycles. The normalized spacial score (nSPS) is 15.4. The van der Waals surface area contributed by atoms with Crippen LogP contribution in [0.2, 0.25) is 5.02 Å². The summed E-state index contributed by atoms with van der Waals surface area (Å²) in [6, 6.07) is 1.56. The van der Waals surface area contributed by atoms with Gasteiger partial charge < -0.3 is 0 Å². The molecule has 0 fully saturated rings. The van der Waals surface area contributed by atoms with E-state index in [9.17, 15) is 12.8 Å². The van der Waals surface area contributed by atoms with Crippen molar-refractivity contribution in [3.63, 3.8) is 0 Å². The summed E-state index contributed by atoms with van der Waals surface area (Å²) >= 11 is 5.85. The Morgan fingerprint density at radius 2 is 2.13 bits per heavy atom. The Hall–Kier alpha value is -1.64. The summed E-state index contributed by atoms with van der Waals surface area (Å²) < 4.78 is 36.7. The molecule has 23 heavy (non-hydrogen) atoms. The first-order valence-electron chi connectivity index (χ1n) is 6.90. The predicted molar refractivity (Wildman–Crippen MR) is 82.2 cm³/mol. The summed E-state index contributed by atoms with van der Waals surface area (Å²) in [6.45, 7) is 1.52. The highest BCUT2D eigenvalue weighted by Gasteiger charge is 2.22. The predicted octanol–water partition coefficient (Wildman–Crippen LogP) is 1.63. The van der Waals surface area contributed by atoms with Gasteiger partial charge in [0.25, 0.3) is 0 Å². The second-order valence-electron chi connectivity index (χ2n) is 5.46. The van der Waals surface area contributed by atoms with Crippen LogP contribution in [-0.2, 0) is 29.3 Å². The lowest BCUT2D eigenvalue weighted by molar-refractivity contribution is 0.238. The first kappa shape index (κ1) is 16.2. The molecule has 0 saturated heterocycles. The van der Waals surface area contributed by atoms with Crippen molar-refractivity contribution in [3.05, 3.63) is 46.3 Å². The average Bonchev–Trinajstić information content (AvgIpc) is 2.49. The molecule has 0 aromatic carbocycles. The van der Waals surface area contributed by atoms with E-state index in [4.69, 9.17) is 11.6 Å². The highest BCUT2D eigenvalue weighted by Crippen LogP contribution is 2.21. The standard InChI is InChI=1S/C14H14ClFN4O2S/c1-23(21,22)14-18-5-10-8-20(3-2-12(10)19-14)7-9-4-11(15)6-17-13(9)16/h4-6H,2-3,7-8H2,1H3. The summed E-state index contributed by atoms with van der Waals surface area (Å²) in [5, 5.41) is 0.231. The molecule has 3 rings (SSSR count). The molecule has 0 amide bonds. The maximum absolute atomic E-state index is 13.7. The van der Waals surface area contributed by atoms with Gasteiger partial charge in [-0.1, -0.05) is 11.6 Å². The minimum absolute atomic E-state index is 0.158. The van der Waals surface area contributed by atoms with Crippen molar-refractivity contribution in [2.75, 3.05) is 12.8 Å². The second kappa shape index (κ2) is 6.10. The maximum atomic E-state index is 13.7. The van der Waals surface area contributed by atoms with E-state index < -0.39 is 15.8 Å². The van der Waals surface area contributed by atoms with E-state index in [0.29, 0.717) is 36.6 Å². The molecular weight excluding hydrogens is 343 g/mol. The quantitative estimate of drug-likeness (QED) is 0.614. The number of halogens is 2. The van der Waals surface area contributed by atoms with Crippen molar-refractivity contribution in [2.45, 2.75) is 24.7 Å². The Morgan fingerprint density at radius 1 is 1.35 bits per heavy atom. The number of fused-ring (bicyclic) bond motifs is 1. The van der Waals surface area contributed by atoms with E-state index in [1.165, 1.54) is 12.4 Å². The van der Waals surface area contributed by atoms with Gasteiger partial charge in [-0.3, -0.25) is 4.90 Å². The zero-order valence-electron chi connectivity index (χ0n) is 12.3. The molecule has 0 saturated carbocycles. The van der Waals surface area contributed by atoms with Crippen LogP contribution in [0, 0.1) is 5.95 Å². The van der Waals surface area contributed by atoms with Crippen LogP contribution < -0.4 is 0 Å². The number of aromatic nitrogens is 3. The lowest BCUT2D eigenvalue weighted by Gasteiger charge is -2.27. The fourth-order valence-electron chi connectivity index (χ4n) is 2.49. The Labute approximate surface area is 138 Å². The van der Waals surface area contributed by atoms with Crippen LogP contribution in [0.15, 0.2) is 23.6 Å². The van der Waals surface area contributed by atoms with Crippen molar-refractivity contribution in [3.8, 4) is 0 Å². The van der Waals surface area contributed by atoms with Crippen molar-refractivity contribution in [1.82, 2.24) is 19.9 Å². The molecule has 3 heterocycles. The SMILES string of the molecule is CS(=O)(=O)c1ncc2c(n1)CCN(Cc1cc(Cl)cnc1F)C2. The molecule has 122 valence electrons. The lowest BCUT2D eigenvalue weighted by atomic mass is 10.1. The van der Waals surface area contributed by atoms with Gasteiger partial charge >= 0.3 is 0 Å².